The number of nitrogens with zero attached hydrogens (tertiary/aromatic N) is 3. The van der Waals surface area contributed by atoms with Crippen LogP contribution in [-0.4, -0.2) is 28.3 Å². The van der Waals surface area contributed by atoms with E-state index in [-0.39, 0.29) is 5.41 Å². The summed E-state index contributed by atoms with van der Waals surface area (Å²) in [5, 5.41) is 0.922. The van der Waals surface area contributed by atoms with Crippen LogP contribution in [0.2, 0.25) is 0 Å². The van der Waals surface area contributed by atoms with Crippen LogP contribution in [0.3, 0.4) is 0 Å². The van der Waals surface area contributed by atoms with Crippen molar-refractivity contribution in [3.8, 4) is 56.4 Å². The molecule has 2 bridgehead atoms. The monoisotopic (exact) mass is 707 g/mol. The van der Waals surface area contributed by atoms with Gasteiger partial charge in [0.2, 0.25) is 0 Å². The van der Waals surface area contributed by atoms with Gasteiger partial charge in [-0.2, -0.15) is 0 Å². The summed E-state index contributed by atoms with van der Waals surface area (Å²) in [6, 6.07) is 55.6. The third-order valence-electron chi connectivity index (χ3n) is 11.6. The molecule has 2 saturated carbocycles. The summed E-state index contributed by atoms with van der Waals surface area (Å²) in [6.45, 7) is 3.68. The van der Waals surface area contributed by atoms with Gasteiger partial charge in [0.15, 0.2) is 17.5 Å². The van der Waals surface area contributed by atoms with E-state index in [1.165, 1.54) is 42.4 Å². The standard InChI is InChI=1S/C48H42N3OP/c1-53(2,52)44-15-9-14-40(31-44)36-21-26-41(27-22-36)48(32-33-16-25-43(48)30-33)42-28-23-39(24-29-42)47-50-45(37-12-7-4-8-13-37)49-46(51-47)38-19-17-35(18-20-38)34-10-5-3-6-11-34/h3-15,17-24,26-29,31,33,43H,16,25,30,32H2,1-2H3. The van der Waals surface area contributed by atoms with Gasteiger partial charge in [-0.15, -0.1) is 0 Å². The minimum Gasteiger partial charge on any atom is -0.319 e. The second kappa shape index (κ2) is 13.5. The molecule has 0 N–H and O–H groups in total. The maximum absolute atomic E-state index is 12.8. The average Bonchev–Trinajstić information content (AvgIpc) is 3.84. The second-order valence-electron chi connectivity index (χ2n) is 15.2. The molecule has 0 amide bonds. The van der Waals surface area contributed by atoms with Crippen LogP contribution in [0.5, 0.6) is 0 Å². The Morgan fingerprint density at radius 2 is 0.925 bits per heavy atom. The molecule has 2 aliphatic carbocycles. The lowest BCUT2D eigenvalue weighted by molar-refractivity contribution is 0.320. The second-order valence-corrected chi connectivity index (χ2v) is 18.4. The summed E-state index contributed by atoms with van der Waals surface area (Å²) in [7, 11) is -2.34. The fraction of sp³-hybridized carbons (Fsp3) is 0.188. The molecule has 5 heteroatoms. The zero-order chi connectivity index (χ0) is 36.0. The van der Waals surface area contributed by atoms with E-state index in [0.29, 0.717) is 23.4 Å². The molecule has 3 atom stereocenters. The van der Waals surface area contributed by atoms with Gasteiger partial charge < -0.3 is 4.57 Å². The van der Waals surface area contributed by atoms with E-state index in [1.807, 2.05) is 49.7 Å². The normalized spacial score (nSPS) is 19.4. The van der Waals surface area contributed by atoms with Crippen molar-refractivity contribution in [2.45, 2.75) is 31.1 Å². The molecule has 53 heavy (non-hydrogen) atoms. The van der Waals surface area contributed by atoms with Crippen molar-refractivity contribution in [2.75, 3.05) is 13.3 Å². The summed E-state index contributed by atoms with van der Waals surface area (Å²) < 4.78 is 12.8. The number of benzene rings is 6. The molecule has 1 aromatic heterocycles. The van der Waals surface area contributed by atoms with Crippen LogP contribution in [0.15, 0.2) is 158 Å². The predicted octanol–water partition coefficient (Wildman–Crippen LogP) is 11.6. The minimum atomic E-state index is -2.34. The molecule has 2 aliphatic rings. The van der Waals surface area contributed by atoms with Crippen molar-refractivity contribution in [3.63, 3.8) is 0 Å². The zero-order valence-electron chi connectivity index (χ0n) is 30.2. The van der Waals surface area contributed by atoms with Gasteiger partial charge in [0.05, 0.1) is 0 Å². The highest BCUT2D eigenvalue weighted by Crippen LogP contribution is 2.60. The first-order valence-corrected chi connectivity index (χ1v) is 21.3. The Balaban J connectivity index is 1.07. The molecule has 6 aromatic carbocycles. The smallest absolute Gasteiger partial charge is 0.164 e. The fourth-order valence-electron chi connectivity index (χ4n) is 8.89. The lowest BCUT2D eigenvalue weighted by Crippen LogP contribution is -2.34. The average molecular weight is 708 g/mol. The van der Waals surface area contributed by atoms with Crippen molar-refractivity contribution in [1.29, 1.82) is 0 Å². The fourth-order valence-corrected chi connectivity index (χ4v) is 9.79. The number of rotatable bonds is 8. The van der Waals surface area contributed by atoms with Gasteiger partial charge in [-0.05, 0) is 83.9 Å². The number of hydrogen-bond donors (Lipinski definition) is 0. The highest BCUT2D eigenvalue weighted by Gasteiger charge is 2.52. The predicted molar refractivity (Wildman–Crippen MR) is 219 cm³/mol. The Kier molecular flexibility index (Phi) is 8.52. The quantitative estimate of drug-likeness (QED) is 0.148. The molecular weight excluding hydrogens is 666 g/mol. The summed E-state index contributed by atoms with van der Waals surface area (Å²) in [4.78, 5) is 15.1. The first-order valence-electron chi connectivity index (χ1n) is 18.7. The summed E-state index contributed by atoms with van der Waals surface area (Å²) in [5.41, 5.74) is 10.2. The molecule has 4 nitrogen and oxygen atoms in total. The van der Waals surface area contributed by atoms with Crippen LogP contribution < -0.4 is 5.30 Å². The van der Waals surface area contributed by atoms with Crippen LogP contribution >= 0.6 is 7.14 Å². The maximum atomic E-state index is 12.8. The number of fused-ring (bicyclic) bond motifs is 2. The first-order chi connectivity index (χ1) is 25.8. The highest BCUT2D eigenvalue weighted by atomic mass is 31.2. The van der Waals surface area contributed by atoms with Crippen LogP contribution in [0.25, 0.3) is 56.4 Å². The van der Waals surface area contributed by atoms with Gasteiger partial charge in [0.1, 0.15) is 7.14 Å². The lowest BCUT2D eigenvalue weighted by atomic mass is 9.64. The summed E-state index contributed by atoms with van der Waals surface area (Å²) >= 11 is 0. The van der Waals surface area contributed by atoms with Gasteiger partial charge in [0, 0.05) is 27.4 Å². The van der Waals surface area contributed by atoms with E-state index in [9.17, 15) is 4.57 Å². The van der Waals surface area contributed by atoms with Crippen LogP contribution in [0.4, 0.5) is 0 Å². The van der Waals surface area contributed by atoms with E-state index < -0.39 is 7.14 Å². The molecule has 1 heterocycles. The largest absolute Gasteiger partial charge is 0.319 e. The van der Waals surface area contributed by atoms with E-state index in [4.69, 9.17) is 15.0 Å². The third kappa shape index (κ3) is 6.36. The minimum absolute atomic E-state index is 0.0235. The summed E-state index contributed by atoms with van der Waals surface area (Å²) in [6.07, 6.45) is 5.05. The van der Waals surface area contributed by atoms with E-state index in [2.05, 4.69) is 121 Å². The molecule has 2 fully saturated rings. The maximum Gasteiger partial charge on any atom is 0.164 e. The Morgan fingerprint density at radius 3 is 1.43 bits per heavy atom. The molecular formula is C48H42N3OP. The molecule has 9 rings (SSSR count). The van der Waals surface area contributed by atoms with Crippen molar-refractivity contribution in [2.24, 2.45) is 11.8 Å². The molecule has 0 spiro atoms. The topological polar surface area (TPSA) is 55.7 Å². The van der Waals surface area contributed by atoms with Crippen LogP contribution in [0, 0.1) is 11.8 Å². The molecule has 3 unspecified atom stereocenters. The van der Waals surface area contributed by atoms with Gasteiger partial charge in [0.25, 0.3) is 0 Å². The van der Waals surface area contributed by atoms with Gasteiger partial charge in [-0.3, -0.25) is 0 Å². The van der Waals surface area contributed by atoms with E-state index in [0.717, 1.165) is 44.6 Å². The zero-order valence-corrected chi connectivity index (χ0v) is 31.1. The Hall–Kier alpha value is -5.44. The molecule has 0 aliphatic heterocycles. The molecule has 7 aromatic rings. The Morgan fingerprint density at radius 1 is 0.491 bits per heavy atom. The van der Waals surface area contributed by atoms with Crippen molar-refractivity contribution >= 4 is 12.4 Å². The van der Waals surface area contributed by atoms with Crippen molar-refractivity contribution in [3.05, 3.63) is 169 Å². The Bertz CT molecular complexity index is 2440. The SMILES string of the molecule is CP(C)(=O)c1cccc(-c2ccc(C3(c4ccc(-c5nc(-c6ccccc6)nc(-c6ccc(-c7ccccc7)cc6)n5)cc4)CC4CCC3C4)cc2)c1. The number of hydrogen-bond acceptors (Lipinski definition) is 4. The lowest BCUT2D eigenvalue weighted by Gasteiger charge is -2.39. The molecule has 0 radical (unpaired) electrons. The highest BCUT2D eigenvalue weighted by molar-refractivity contribution is 7.70. The van der Waals surface area contributed by atoms with Crippen molar-refractivity contribution < 1.29 is 4.57 Å². The molecule has 260 valence electrons. The van der Waals surface area contributed by atoms with Gasteiger partial charge >= 0.3 is 0 Å². The van der Waals surface area contributed by atoms with E-state index >= 15 is 0 Å². The third-order valence-corrected chi connectivity index (χ3v) is 13.1. The number of aromatic nitrogens is 3. The van der Waals surface area contributed by atoms with Crippen LogP contribution in [0.1, 0.15) is 36.8 Å². The van der Waals surface area contributed by atoms with Gasteiger partial charge in [-0.25, -0.2) is 15.0 Å². The first kappa shape index (κ1) is 33.4. The van der Waals surface area contributed by atoms with Crippen LogP contribution in [-0.2, 0) is 9.98 Å². The van der Waals surface area contributed by atoms with Crippen molar-refractivity contribution in [1.82, 2.24) is 15.0 Å². The molecule has 0 saturated heterocycles. The summed E-state index contributed by atoms with van der Waals surface area (Å²) in [5.74, 6) is 3.37. The Labute approximate surface area is 312 Å². The van der Waals surface area contributed by atoms with E-state index in [1.54, 1.807) is 0 Å². The van der Waals surface area contributed by atoms with Gasteiger partial charge in [-0.1, -0.05) is 158 Å².